The van der Waals surface area contributed by atoms with Crippen molar-refractivity contribution in [3.63, 3.8) is 0 Å². The van der Waals surface area contributed by atoms with Gasteiger partial charge in [-0.1, -0.05) is 57.2 Å². The predicted molar refractivity (Wildman–Crippen MR) is 139 cm³/mol. The summed E-state index contributed by atoms with van der Waals surface area (Å²) in [6, 6.07) is 15.5. The van der Waals surface area contributed by atoms with Gasteiger partial charge in [0.2, 0.25) is 21.8 Å². The first-order valence-corrected chi connectivity index (χ1v) is 13.6. The van der Waals surface area contributed by atoms with Crippen LogP contribution in [-0.2, 0) is 26.0 Å². The molecule has 1 N–H and O–H groups in total. The lowest BCUT2D eigenvalue weighted by molar-refractivity contribution is -0.139. The first-order valence-electron chi connectivity index (χ1n) is 11.8. The Morgan fingerprint density at radius 3 is 2.31 bits per heavy atom. The zero-order valence-electron chi connectivity index (χ0n) is 21.2. The molecule has 0 heterocycles. The summed E-state index contributed by atoms with van der Waals surface area (Å²) >= 11 is 0. The molecule has 0 spiro atoms. The Labute approximate surface area is 209 Å². The van der Waals surface area contributed by atoms with E-state index in [4.69, 9.17) is 4.74 Å². The molecule has 2 aromatic rings. The van der Waals surface area contributed by atoms with E-state index in [0.29, 0.717) is 30.8 Å². The highest BCUT2D eigenvalue weighted by atomic mass is 32.2. The van der Waals surface area contributed by atoms with E-state index in [2.05, 4.69) is 5.32 Å². The molecule has 0 saturated carbocycles. The molecule has 0 aliphatic carbocycles. The lowest BCUT2D eigenvalue weighted by Gasteiger charge is -2.33. The quantitative estimate of drug-likeness (QED) is 0.453. The summed E-state index contributed by atoms with van der Waals surface area (Å²) in [6.45, 7) is 6.20. The summed E-state index contributed by atoms with van der Waals surface area (Å²) in [5.74, 6) is 0.0540. The molecule has 0 saturated heterocycles. The van der Waals surface area contributed by atoms with Crippen LogP contribution in [0.25, 0.3) is 0 Å². The second kappa shape index (κ2) is 13.1. The van der Waals surface area contributed by atoms with E-state index < -0.39 is 28.5 Å². The van der Waals surface area contributed by atoms with Crippen molar-refractivity contribution >= 4 is 27.5 Å². The summed E-state index contributed by atoms with van der Waals surface area (Å²) in [4.78, 5) is 28.1. The Hall–Kier alpha value is -3.07. The van der Waals surface area contributed by atoms with Crippen LogP contribution in [0.3, 0.4) is 0 Å². The van der Waals surface area contributed by atoms with Crippen LogP contribution in [0.4, 0.5) is 5.69 Å². The predicted octanol–water partition coefficient (Wildman–Crippen LogP) is 3.08. The molecular weight excluding hydrogens is 466 g/mol. The molecule has 8 nitrogen and oxygen atoms in total. The summed E-state index contributed by atoms with van der Waals surface area (Å²) in [6.07, 6.45) is 2.00. The molecule has 1 atom stereocenters. The van der Waals surface area contributed by atoms with Gasteiger partial charge in [-0.05, 0) is 36.5 Å². The highest BCUT2D eigenvalue weighted by molar-refractivity contribution is 7.92. The lowest BCUT2D eigenvalue weighted by atomic mass is 10.1. The maximum atomic E-state index is 13.6. The zero-order chi connectivity index (χ0) is 26.0. The first kappa shape index (κ1) is 28.2. The number of carbonyl (C=O) groups excluding carboxylic acids is 2. The Bertz CT molecular complexity index is 1070. The Kier molecular flexibility index (Phi) is 10.6. The summed E-state index contributed by atoms with van der Waals surface area (Å²) in [7, 11) is -2.29. The number of anilines is 1. The molecule has 0 aliphatic heterocycles. The second-order valence-corrected chi connectivity index (χ2v) is 10.8. The van der Waals surface area contributed by atoms with Crippen molar-refractivity contribution in [2.45, 2.75) is 39.7 Å². The number of ether oxygens (including phenoxy) is 1. The number of rotatable bonds is 13. The van der Waals surface area contributed by atoms with E-state index in [-0.39, 0.29) is 18.4 Å². The van der Waals surface area contributed by atoms with Gasteiger partial charge in [0.15, 0.2) is 0 Å². The van der Waals surface area contributed by atoms with Gasteiger partial charge in [0.05, 0.1) is 19.1 Å². The van der Waals surface area contributed by atoms with E-state index in [9.17, 15) is 18.0 Å². The highest BCUT2D eigenvalue weighted by Gasteiger charge is 2.31. The van der Waals surface area contributed by atoms with Crippen LogP contribution in [0.15, 0.2) is 54.6 Å². The molecule has 0 aliphatic rings. The van der Waals surface area contributed by atoms with Gasteiger partial charge in [-0.25, -0.2) is 8.42 Å². The fourth-order valence-corrected chi connectivity index (χ4v) is 4.54. The number of amides is 2. The van der Waals surface area contributed by atoms with E-state index in [1.165, 1.54) is 12.0 Å². The number of hydrogen-bond acceptors (Lipinski definition) is 5. The Morgan fingerprint density at radius 1 is 1.06 bits per heavy atom. The largest absolute Gasteiger partial charge is 0.497 e. The average Bonchev–Trinajstić information content (AvgIpc) is 2.83. The number of nitrogens with one attached hydrogen (secondary N) is 1. The van der Waals surface area contributed by atoms with E-state index >= 15 is 0 Å². The van der Waals surface area contributed by atoms with Gasteiger partial charge in [0, 0.05) is 19.2 Å². The molecule has 0 fully saturated rings. The van der Waals surface area contributed by atoms with Gasteiger partial charge < -0.3 is 15.0 Å². The maximum absolute atomic E-state index is 13.6. The lowest BCUT2D eigenvalue weighted by Crippen LogP contribution is -2.53. The number of nitrogens with zero attached hydrogens (tertiary/aromatic N) is 2. The molecule has 192 valence electrons. The number of sulfonamides is 1. The van der Waals surface area contributed by atoms with Crippen molar-refractivity contribution in [3.8, 4) is 5.75 Å². The van der Waals surface area contributed by atoms with Crippen molar-refractivity contribution in [1.29, 1.82) is 0 Å². The molecule has 2 amide bonds. The molecule has 0 unspecified atom stereocenters. The van der Waals surface area contributed by atoms with Crippen LogP contribution >= 0.6 is 0 Å². The third kappa shape index (κ3) is 8.58. The molecular formula is C26H37N3O5S. The van der Waals surface area contributed by atoms with E-state index in [1.54, 1.807) is 24.3 Å². The SMILES string of the molecule is CC[C@H](C(=O)NCC(C)C)N(CCc1ccccc1)C(=O)CN(c1cccc(OC)c1)S(C)(=O)=O. The van der Waals surface area contributed by atoms with Crippen LogP contribution in [0.5, 0.6) is 5.75 Å². The minimum absolute atomic E-state index is 0.241. The van der Waals surface area contributed by atoms with Gasteiger partial charge in [-0.15, -0.1) is 0 Å². The smallest absolute Gasteiger partial charge is 0.244 e. The highest BCUT2D eigenvalue weighted by Crippen LogP contribution is 2.23. The fourth-order valence-electron chi connectivity index (χ4n) is 3.70. The van der Waals surface area contributed by atoms with Crippen molar-refractivity contribution in [1.82, 2.24) is 10.2 Å². The topological polar surface area (TPSA) is 96.0 Å². The molecule has 2 rings (SSSR count). The number of carbonyl (C=O) groups is 2. The minimum atomic E-state index is -3.78. The van der Waals surface area contributed by atoms with Crippen molar-refractivity contribution in [2.24, 2.45) is 5.92 Å². The standard InChI is InChI=1S/C26H37N3O5S/c1-6-24(26(31)27-18-20(2)3)28(16-15-21-11-8-7-9-12-21)25(30)19-29(35(5,32)33)22-13-10-14-23(17-22)34-4/h7-14,17,20,24H,6,15-16,18-19H2,1-5H3,(H,27,31)/t24-/m1/s1. The third-order valence-electron chi connectivity index (χ3n) is 5.58. The first-order chi connectivity index (χ1) is 16.6. The number of hydrogen-bond donors (Lipinski definition) is 1. The van der Waals surface area contributed by atoms with Gasteiger partial charge in [-0.2, -0.15) is 0 Å². The van der Waals surface area contributed by atoms with Crippen molar-refractivity contribution < 1.29 is 22.7 Å². The molecule has 0 aromatic heterocycles. The van der Waals surface area contributed by atoms with Gasteiger partial charge in [-0.3, -0.25) is 13.9 Å². The van der Waals surface area contributed by atoms with Crippen LogP contribution in [0.2, 0.25) is 0 Å². The zero-order valence-corrected chi connectivity index (χ0v) is 22.0. The number of benzene rings is 2. The molecule has 35 heavy (non-hydrogen) atoms. The summed E-state index contributed by atoms with van der Waals surface area (Å²) < 4.78 is 31.6. The van der Waals surface area contributed by atoms with Crippen LogP contribution in [-0.4, -0.2) is 64.2 Å². The number of methoxy groups -OCH3 is 1. The van der Waals surface area contributed by atoms with Gasteiger partial charge >= 0.3 is 0 Å². The normalized spacial score (nSPS) is 12.2. The second-order valence-electron chi connectivity index (χ2n) is 8.86. The maximum Gasteiger partial charge on any atom is 0.244 e. The molecule has 2 aromatic carbocycles. The average molecular weight is 504 g/mol. The molecule has 0 bridgehead atoms. The molecule has 9 heteroatoms. The third-order valence-corrected chi connectivity index (χ3v) is 6.72. The van der Waals surface area contributed by atoms with Crippen LogP contribution in [0, 0.1) is 5.92 Å². The molecule has 0 radical (unpaired) electrons. The van der Waals surface area contributed by atoms with E-state index in [1.807, 2.05) is 51.1 Å². The van der Waals surface area contributed by atoms with Gasteiger partial charge in [0.1, 0.15) is 18.3 Å². The van der Waals surface area contributed by atoms with Crippen LogP contribution < -0.4 is 14.4 Å². The Balaban J connectivity index is 2.35. The van der Waals surface area contributed by atoms with Gasteiger partial charge in [0.25, 0.3) is 0 Å². The summed E-state index contributed by atoms with van der Waals surface area (Å²) in [5, 5.41) is 2.92. The van der Waals surface area contributed by atoms with Crippen molar-refractivity contribution in [2.75, 3.05) is 37.3 Å². The van der Waals surface area contributed by atoms with Crippen molar-refractivity contribution in [3.05, 3.63) is 60.2 Å². The summed E-state index contributed by atoms with van der Waals surface area (Å²) in [5.41, 5.74) is 1.34. The monoisotopic (exact) mass is 503 g/mol. The van der Waals surface area contributed by atoms with E-state index in [0.717, 1.165) is 16.1 Å². The Morgan fingerprint density at radius 2 is 1.74 bits per heavy atom. The van der Waals surface area contributed by atoms with Crippen LogP contribution in [0.1, 0.15) is 32.8 Å². The fraction of sp³-hybridized carbons (Fsp3) is 0.462. The minimum Gasteiger partial charge on any atom is -0.497 e.